The molecule has 1 aliphatic rings. The van der Waals surface area contributed by atoms with Gasteiger partial charge in [0.1, 0.15) is 11.8 Å². The van der Waals surface area contributed by atoms with Gasteiger partial charge in [-0.15, -0.1) is 13.2 Å². The Hall–Kier alpha value is -1.76. The Balaban J connectivity index is 2.09. The van der Waals surface area contributed by atoms with Gasteiger partial charge in [-0.3, -0.25) is 4.79 Å². The van der Waals surface area contributed by atoms with E-state index in [1.54, 1.807) is 0 Å². The molecule has 0 aliphatic carbocycles. The second kappa shape index (κ2) is 4.85. The molecule has 98 valence electrons. The van der Waals surface area contributed by atoms with Crippen molar-refractivity contribution in [3.63, 3.8) is 0 Å². The maximum atomic E-state index is 12.0. The van der Waals surface area contributed by atoms with Gasteiger partial charge in [0, 0.05) is 13.1 Å². The van der Waals surface area contributed by atoms with E-state index in [0.29, 0.717) is 18.7 Å². The van der Waals surface area contributed by atoms with Gasteiger partial charge in [-0.1, -0.05) is 12.1 Å². The van der Waals surface area contributed by atoms with Crippen LogP contribution in [0.4, 0.5) is 13.2 Å². The zero-order valence-electron chi connectivity index (χ0n) is 9.25. The highest BCUT2D eigenvalue weighted by atomic mass is 19.4. The molecule has 1 fully saturated rings. The topological polar surface area (TPSA) is 50.4 Å². The fraction of sp³-hybridized carbons (Fsp3) is 0.364. The Labute approximate surface area is 101 Å². The van der Waals surface area contributed by atoms with Crippen LogP contribution in [0.1, 0.15) is 11.6 Å². The number of alkyl halides is 3. The fourth-order valence-corrected chi connectivity index (χ4v) is 1.73. The van der Waals surface area contributed by atoms with Crippen LogP contribution in [-0.2, 0) is 4.79 Å². The third kappa shape index (κ3) is 3.13. The summed E-state index contributed by atoms with van der Waals surface area (Å²) >= 11 is 0. The molecule has 1 aromatic rings. The van der Waals surface area contributed by atoms with Crippen LogP contribution in [0.15, 0.2) is 24.3 Å². The molecule has 1 atom stereocenters. The number of hydrogen-bond acceptors (Lipinski definition) is 3. The minimum Gasteiger partial charge on any atom is -0.406 e. The molecular formula is C11H11F3N2O2. The smallest absolute Gasteiger partial charge is 0.406 e. The van der Waals surface area contributed by atoms with Gasteiger partial charge >= 0.3 is 6.36 Å². The lowest BCUT2D eigenvalue weighted by Gasteiger charge is -2.23. The molecule has 0 spiro atoms. The van der Waals surface area contributed by atoms with Crippen LogP contribution in [0.5, 0.6) is 5.75 Å². The first kappa shape index (κ1) is 12.7. The van der Waals surface area contributed by atoms with E-state index in [1.807, 2.05) is 0 Å². The van der Waals surface area contributed by atoms with Crippen LogP contribution in [0.25, 0.3) is 0 Å². The van der Waals surface area contributed by atoms with Crippen molar-refractivity contribution in [3.8, 4) is 5.75 Å². The second-order valence-corrected chi connectivity index (χ2v) is 3.80. The number of hydrogen-bond donors (Lipinski definition) is 2. The van der Waals surface area contributed by atoms with Crippen molar-refractivity contribution in [1.29, 1.82) is 0 Å². The summed E-state index contributed by atoms with van der Waals surface area (Å²) in [7, 11) is 0. The van der Waals surface area contributed by atoms with Gasteiger partial charge in [0.2, 0.25) is 5.91 Å². The molecule has 1 aliphatic heterocycles. The van der Waals surface area contributed by atoms with Crippen LogP contribution >= 0.6 is 0 Å². The highest BCUT2D eigenvalue weighted by Crippen LogP contribution is 2.24. The van der Waals surface area contributed by atoms with Crippen molar-refractivity contribution in [2.75, 3.05) is 13.1 Å². The highest BCUT2D eigenvalue weighted by Gasteiger charge is 2.31. The average Bonchev–Trinajstić information content (AvgIpc) is 2.29. The monoisotopic (exact) mass is 260 g/mol. The van der Waals surface area contributed by atoms with Gasteiger partial charge in [-0.05, 0) is 17.7 Å². The van der Waals surface area contributed by atoms with Gasteiger partial charge in [0.05, 0.1) is 0 Å². The molecule has 0 aromatic heterocycles. The number of rotatable bonds is 2. The minimum absolute atomic E-state index is 0.189. The second-order valence-electron chi connectivity index (χ2n) is 3.80. The van der Waals surface area contributed by atoms with Crippen molar-refractivity contribution in [2.24, 2.45) is 0 Å². The Morgan fingerprint density at radius 1 is 1.17 bits per heavy atom. The molecule has 0 saturated carbocycles. The molecule has 1 heterocycles. The zero-order valence-corrected chi connectivity index (χ0v) is 9.25. The molecule has 7 heteroatoms. The van der Waals surface area contributed by atoms with Crippen LogP contribution in [0, 0.1) is 0 Å². The molecule has 2 rings (SSSR count). The highest BCUT2D eigenvalue weighted by molar-refractivity contribution is 5.83. The van der Waals surface area contributed by atoms with E-state index in [2.05, 4.69) is 15.4 Å². The molecule has 1 aromatic carbocycles. The molecule has 0 bridgehead atoms. The van der Waals surface area contributed by atoms with Crippen molar-refractivity contribution < 1.29 is 22.7 Å². The van der Waals surface area contributed by atoms with E-state index < -0.39 is 12.4 Å². The van der Waals surface area contributed by atoms with Crippen molar-refractivity contribution in [2.45, 2.75) is 12.4 Å². The van der Waals surface area contributed by atoms with E-state index in [4.69, 9.17) is 0 Å². The minimum atomic E-state index is -4.71. The molecule has 2 N–H and O–H groups in total. The van der Waals surface area contributed by atoms with Crippen molar-refractivity contribution in [3.05, 3.63) is 29.8 Å². The molecule has 0 unspecified atom stereocenters. The Morgan fingerprint density at radius 3 is 2.39 bits per heavy atom. The predicted molar refractivity (Wildman–Crippen MR) is 56.9 cm³/mol. The third-order valence-corrected chi connectivity index (χ3v) is 2.48. The number of halogens is 3. The largest absolute Gasteiger partial charge is 0.573 e. The molecule has 18 heavy (non-hydrogen) atoms. The summed E-state index contributed by atoms with van der Waals surface area (Å²) in [5.41, 5.74) is 0.599. The lowest BCUT2D eigenvalue weighted by Crippen LogP contribution is -2.47. The molecule has 1 amide bonds. The summed E-state index contributed by atoms with van der Waals surface area (Å²) in [6.45, 7) is 1.17. The number of amides is 1. The van der Waals surface area contributed by atoms with Gasteiger partial charge in [0.15, 0.2) is 0 Å². The summed E-state index contributed by atoms with van der Waals surface area (Å²) in [5.74, 6) is -0.492. The maximum Gasteiger partial charge on any atom is 0.573 e. The molecule has 0 radical (unpaired) electrons. The van der Waals surface area contributed by atoms with E-state index in [9.17, 15) is 18.0 Å². The summed E-state index contributed by atoms with van der Waals surface area (Å²) in [6, 6.07) is 4.71. The maximum absolute atomic E-state index is 12.0. The van der Waals surface area contributed by atoms with Crippen LogP contribution in [0.2, 0.25) is 0 Å². The first-order valence-electron chi connectivity index (χ1n) is 5.32. The van der Waals surface area contributed by atoms with Crippen LogP contribution in [-0.4, -0.2) is 25.4 Å². The number of carbonyl (C=O) groups is 1. The quantitative estimate of drug-likeness (QED) is 0.843. The van der Waals surface area contributed by atoms with E-state index in [0.717, 1.165) is 0 Å². The number of nitrogens with one attached hydrogen (secondary N) is 2. The summed E-state index contributed by atoms with van der Waals surface area (Å²) in [5, 5.41) is 5.65. The Morgan fingerprint density at radius 2 is 1.83 bits per heavy atom. The Kier molecular flexibility index (Phi) is 3.42. The zero-order chi connectivity index (χ0) is 13.2. The predicted octanol–water partition coefficient (Wildman–Crippen LogP) is 1.35. The first-order chi connectivity index (χ1) is 8.46. The van der Waals surface area contributed by atoms with Gasteiger partial charge in [-0.2, -0.15) is 0 Å². The van der Waals surface area contributed by atoms with E-state index in [1.165, 1.54) is 24.3 Å². The van der Waals surface area contributed by atoms with Crippen molar-refractivity contribution >= 4 is 5.91 Å². The first-order valence-corrected chi connectivity index (χ1v) is 5.32. The molecule has 4 nitrogen and oxygen atoms in total. The number of ether oxygens (including phenoxy) is 1. The molecular weight excluding hydrogens is 249 g/mol. The number of benzene rings is 1. The third-order valence-electron chi connectivity index (χ3n) is 2.48. The lowest BCUT2D eigenvalue weighted by atomic mass is 10.0. The number of piperazine rings is 1. The fourth-order valence-electron chi connectivity index (χ4n) is 1.73. The Bertz CT molecular complexity index is 431. The van der Waals surface area contributed by atoms with Gasteiger partial charge < -0.3 is 15.4 Å². The van der Waals surface area contributed by atoms with Gasteiger partial charge in [0.25, 0.3) is 0 Å². The SMILES string of the molecule is O=C1NCCN[C@@H]1c1ccc(OC(F)(F)F)cc1. The number of carbonyl (C=O) groups excluding carboxylic acids is 1. The van der Waals surface area contributed by atoms with Crippen LogP contribution < -0.4 is 15.4 Å². The van der Waals surface area contributed by atoms with E-state index >= 15 is 0 Å². The lowest BCUT2D eigenvalue weighted by molar-refractivity contribution is -0.274. The summed E-state index contributed by atoms with van der Waals surface area (Å²) in [4.78, 5) is 11.5. The average molecular weight is 260 g/mol. The summed E-state index contributed by atoms with van der Waals surface area (Å²) in [6.07, 6.45) is -4.71. The standard InChI is InChI=1S/C11H11F3N2O2/c12-11(13,14)18-8-3-1-7(2-4-8)9-10(17)16-6-5-15-9/h1-4,9,15H,5-6H2,(H,16,17)/t9-/m1/s1. The van der Waals surface area contributed by atoms with E-state index in [-0.39, 0.29) is 11.7 Å². The van der Waals surface area contributed by atoms with Gasteiger partial charge in [-0.25, -0.2) is 0 Å². The molecule has 1 saturated heterocycles. The van der Waals surface area contributed by atoms with Crippen molar-refractivity contribution in [1.82, 2.24) is 10.6 Å². The normalized spacial score (nSPS) is 20.4. The summed E-state index contributed by atoms with van der Waals surface area (Å²) < 4.78 is 39.6. The van der Waals surface area contributed by atoms with Crippen LogP contribution in [0.3, 0.4) is 0 Å².